The van der Waals surface area contributed by atoms with Crippen LogP contribution in [0.5, 0.6) is 5.75 Å². The van der Waals surface area contributed by atoms with E-state index in [1.54, 1.807) is 13.4 Å². The monoisotopic (exact) mass is 447 g/mol. The molecule has 0 unspecified atom stereocenters. The van der Waals surface area contributed by atoms with Gasteiger partial charge < -0.3 is 24.4 Å². The molecular weight excluding hydrogens is 422 g/mol. The quantitative estimate of drug-likeness (QED) is 0.398. The number of hydrogen-bond acceptors (Lipinski definition) is 4. The van der Waals surface area contributed by atoms with E-state index in [1.165, 1.54) is 0 Å². The topological polar surface area (TPSA) is 70.5 Å². The van der Waals surface area contributed by atoms with Crippen LogP contribution < -0.4 is 15.6 Å². The third kappa shape index (κ3) is 5.00. The Bertz CT molecular complexity index is 1250. The van der Waals surface area contributed by atoms with Gasteiger partial charge in [0.2, 0.25) is 0 Å². The number of nitrogens with zero attached hydrogens (tertiary/aromatic N) is 1. The van der Waals surface area contributed by atoms with E-state index < -0.39 is 0 Å². The molecular formula is C25H25N3O3S. The van der Waals surface area contributed by atoms with E-state index in [9.17, 15) is 4.79 Å². The lowest BCUT2D eigenvalue weighted by Crippen LogP contribution is -2.41. The summed E-state index contributed by atoms with van der Waals surface area (Å²) in [6.45, 7) is 2.83. The molecule has 2 N–H and O–H groups in total. The number of nitrogens with one attached hydrogen (secondary N) is 2. The smallest absolute Gasteiger partial charge is 0.253 e. The van der Waals surface area contributed by atoms with Gasteiger partial charge in [-0.1, -0.05) is 30.3 Å². The highest BCUT2D eigenvalue weighted by Crippen LogP contribution is 2.20. The fourth-order valence-corrected chi connectivity index (χ4v) is 3.88. The number of aromatic amines is 1. The molecule has 0 bridgehead atoms. The molecule has 0 amide bonds. The minimum atomic E-state index is -0.147. The number of benzene rings is 2. The number of furan rings is 1. The number of pyridine rings is 1. The van der Waals surface area contributed by atoms with Crippen LogP contribution in [0.1, 0.15) is 29.9 Å². The first kappa shape index (κ1) is 21.6. The van der Waals surface area contributed by atoms with Gasteiger partial charge in [0.05, 0.1) is 32.5 Å². The molecule has 0 aliphatic heterocycles. The van der Waals surface area contributed by atoms with Crippen molar-refractivity contribution in [1.82, 2.24) is 15.2 Å². The third-order valence-electron chi connectivity index (χ3n) is 5.34. The fraction of sp³-hybridized carbons (Fsp3) is 0.200. The molecule has 0 saturated heterocycles. The van der Waals surface area contributed by atoms with Crippen LogP contribution in [-0.4, -0.2) is 22.1 Å². The Balaban J connectivity index is 1.61. The minimum Gasteiger partial charge on any atom is -0.497 e. The molecule has 0 aliphatic rings. The molecule has 4 rings (SSSR count). The molecule has 2 aromatic carbocycles. The first-order chi connectivity index (χ1) is 15.5. The van der Waals surface area contributed by atoms with Crippen LogP contribution in [0.3, 0.4) is 0 Å². The van der Waals surface area contributed by atoms with E-state index in [4.69, 9.17) is 21.4 Å². The van der Waals surface area contributed by atoms with Gasteiger partial charge in [0.15, 0.2) is 5.11 Å². The van der Waals surface area contributed by atoms with Crippen molar-refractivity contribution in [2.75, 3.05) is 7.11 Å². The number of methoxy groups -OCH3 is 1. The van der Waals surface area contributed by atoms with Gasteiger partial charge in [-0.3, -0.25) is 4.79 Å². The number of rotatable bonds is 7. The Morgan fingerprint density at radius 1 is 1.12 bits per heavy atom. The van der Waals surface area contributed by atoms with Gasteiger partial charge in [-0.15, -0.1) is 0 Å². The standard InChI is InChI=1S/C25H25N3O3S/c1-17(18-7-4-3-5-8-18)26-25(32)28(16-22-9-6-12-31-22)15-20-13-19-14-21(30-2)10-11-23(19)27-24(20)29/h3-14,17H,15-16H2,1-2H3,(H,26,32)(H,27,29)/t17-/m0/s1. The van der Waals surface area contributed by atoms with Gasteiger partial charge in [0, 0.05) is 16.5 Å². The van der Waals surface area contributed by atoms with E-state index in [0.717, 1.165) is 28.0 Å². The van der Waals surface area contributed by atoms with Gasteiger partial charge in [-0.2, -0.15) is 0 Å². The fourth-order valence-electron chi connectivity index (χ4n) is 3.57. The highest BCUT2D eigenvalue weighted by Gasteiger charge is 2.17. The summed E-state index contributed by atoms with van der Waals surface area (Å²) in [6.07, 6.45) is 1.63. The normalized spacial score (nSPS) is 11.8. The minimum absolute atomic E-state index is 0.0157. The van der Waals surface area contributed by atoms with Gasteiger partial charge in [-0.25, -0.2) is 0 Å². The SMILES string of the molecule is COc1ccc2[nH]c(=O)c(CN(Cc3ccco3)C(=S)N[C@@H](C)c3ccccc3)cc2c1. The maximum atomic E-state index is 12.8. The molecule has 0 saturated carbocycles. The second-order valence-electron chi connectivity index (χ2n) is 7.59. The summed E-state index contributed by atoms with van der Waals surface area (Å²) in [5.74, 6) is 1.50. The van der Waals surface area contributed by atoms with Crippen molar-refractivity contribution in [2.45, 2.75) is 26.1 Å². The third-order valence-corrected chi connectivity index (χ3v) is 5.72. The Hall–Kier alpha value is -3.58. The average Bonchev–Trinajstić information content (AvgIpc) is 3.32. The molecule has 6 nitrogen and oxygen atoms in total. The molecule has 0 fully saturated rings. The summed E-state index contributed by atoms with van der Waals surface area (Å²) in [7, 11) is 1.62. The molecule has 0 aliphatic carbocycles. The zero-order valence-corrected chi connectivity index (χ0v) is 18.8. The maximum Gasteiger partial charge on any atom is 0.253 e. The van der Waals surface area contributed by atoms with Crippen LogP contribution in [0.4, 0.5) is 0 Å². The van der Waals surface area contributed by atoms with Crippen molar-refractivity contribution < 1.29 is 9.15 Å². The van der Waals surface area contributed by atoms with Crippen molar-refractivity contribution in [3.63, 3.8) is 0 Å². The van der Waals surface area contributed by atoms with Crippen LogP contribution >= 0.6 is 12.2 Å². The predicted octanol–water partition coefficient (Wildman–Crippen LogP) is 4.77. The lowest BCUT2D eigenvalue weighted by atomic mass is 10.1. The van der Waals surface area contributed by atoms with E-state index >= 15 is 0 Å². The lowest BCUT2D eigenvalue weighted by molar-refractivity contribution is 0.347. The highest BCUT2D eigenvalue weighted by atomic mass is 32.1. The van der Waals surface area contributed by atoms with Gasteiger partial charge in [0.1, 0.15) is 11.5 Å². The van der Waals surface area contributed by atoms with E-state index in [1.807, 2.05) is 59.5 Å². The highest BCUT2D eigenvalue weighted by molar-refractivity contribution is 7.80. The molecule has 1 atom stereocenters. The van der Waals surface area contributed by atoms with Crippen LogP contribution in [0.25, 0.3) is 10.9 Å². The van der Waals surface area contributed by atoms with E-state index in [0.29, 0.717) is 23.8 Å². The molecule has 32 heavy (non-hydrogen) atoms. The Morgan fingerprint density at radius 2 is 1.94 bits per heavy atom. The predicted molar refractivity (Wildman–Crippen MR) is 130 cm³/mol. The molecule has 0 spiro atoms. The van der Waals surface area contributed by atoms with E-state index in [2.05, 4.69) is 29.4 Å². The first-order valence-electron chi connectivity index (χ1n) is 10.4. The summed E-state index contributed by atoms with van der Waals surface area (Å²) >= 11 is 5.74. The number of aromatic nitrogens is 1. The number of fused-ring (bicyclic) bond motifs is 1. The second kappa shape index (κ2) is 9.70. The number of H-pyrrole nitrogens is 1. The first-order valence-corrected chi connectivity index (χ1v) is 10.8. The molecule has 2 aromatic heterocycles. The lowest BCUT2D eigenvalue weighted by Gasteiger charge is -2.27. The zero-order valence-electron chi connectivity index (χ0n) is 18.0. The van der Waals surface area contributed by atoms with Crippen LogP contribution in [0.2, 0.25) is 0 Å². The van der Waals surface area contributed by atoms with E-state index in [-0.39, 0.29) is 11.6 Å². The Kier molecular flexibility index (Phi) is 6.56. The van der Waals surface area contributed by atoms with Crippen molar-refractivity contribution in [1.29, 1.82) is 0 Å². The van der Waals surface area contributed by atoms with Gasteiger partial charge in [0.25, 0.3) is 5.56 Å². The average molecular weight is 448 g/mol. The molecule has 164 valence electrons. The summed E-state index contributed by atoms with van der Waals surface area (Å²) < 4.78 is 10.9. The van der Waals surface area contributed by atoms with Crippen LogP contribution in [-0.2, 0) is 13.1 Å². The van der Waals surface area contributed by atoms with Crippen molar-refractivity contribution in [3.05, 3.63) is 100 Å². The largest absolute Gasteiger partial charge is 0.497 e. The van der Waals surface area contributed by atoms with Crippen molar-refractivity contribution in [3.8, 4) is 5.75 Å². The summed E-state index contributed by atoms with van der Waals surface area (Å²) in [4.78, 5) is 17.7. The Morgan fingerprint density at radius 3 is 2.66 bits per heavy atom. The van der Waals surface area contributed by atoms with Gasteiger partial charge in [-0.05, 0) is 61.1 Å². The van der Waals surface area contributed by atoms with Crippen LogP contribution in [0.15, 0.2) is 82.2 Å². The number of hydrogen-bond donors (Lipinski definition) is 2. The van der Waals surface area contributed by atoms with Crippen molar-refractivity contribution in [2.24, 2.45) is 0 Å². The number of thiocarbonyl (C=S) groups is 1. The summed E-state index contributed by atoms with van der Waals surface area (Å²) in [5.41, 5.74) is 2.35. The molecule has 0 radical (unpaired) electrons. The zero-order chi connectivity index (χ0) is 22.5. The van der Waals surface area contributed by atoms with Crippen LogP contribution in [0, 0.1) is 0 Å². The summed E-state index contributed by atoms with van der Waals surface area (Å²) in [5, 5.41) is 4.83. The molecule has 4 aromatic rings. The van der Waals surface area contributed by atoms with Gasteiger partial charge >= 0.3 is 0 Å². The summed E-state index contributed by atoms with van der Waals surface area (Å²) in [6, 6.07) is 21.3. The van der Waals surface area contributed by atoms with Crippen molar-refractivity contribution >= 4 is 28.2 Å². The molecule has 7 heteroatoms. The Labute approximate surface area is 191 Å². The second-order valence-corrected chi connectivity index (χ2v) is 7.98. The maximum absolute atomic E-state index is 12.8. The molecule has 2 heterocycles. The number of ether oxygens (including phenoxy) is 1.